The van der Waals surface area contributed by atoms with Crippen LogP contribution in [-0.4, -0.2) is 44.9 Å². The van der Waals surface area contributed by atoms with Gasteiger partial charge in [-0.25, -0.2) is 0 Å². The average Bonchev–Trinajstić information content (AvgIpc) is 3.32. The highest BCUT2D eigenvalue weighted by molar-refractivity contribution is 6.07. The topological polar surface area (TPSA) is 104 Å². The summed E-state index contributed by atoms with van der Waals surface area (Å²) in [6, 6.07) is 20.0. The molecule has 1 amide bonds. The number of aromatic nitrogens is 5. The third kappa shape index (κ3) is 3.90. The molecule has 0 radical (unpaired) electrons. The molecule has 0 saturated carbocycles. The predicted molar refractivity (Wildman–Crippen MR) is 127 cm³/mol. The Morgan fingerprint density at radius 1 is 0.882 bits per heavy atom. The van der Waals surface area contributed by atoms with Crippen molar-refractivity contribution in [2.75, 3.05) is 19.5 Å². The molecule has 5 aromatic rings. The summed E-state index contributed by atoms with van der Waals surface area (Å²) in [6.07, 6.45) is 3.40. The largest absolute Gasteiger partial charge is 0.493 e. The Balaban J connectivity index is 1.46. The lowest BCUT2D eigenvalue weighted by Gasteiger charge is -2.13. The van der Waals surface area contributed by atoms with E-state index in [0.29, 0.717) is 39.9 Å². The van der Waals surface area contributed by atoms with Gasteiger partial charge >= 0.3 is 0 Å². The second-order valence-corrected chi connectivity index (χ2v) is 7.32. The van der Waals surface area contributed by atoms with Gasteiger partial charge in [0, 0.05) is 29.2 Å². The quantitative estimate of drug-likeness (QED) is 0.413. The molecule has 168 valence electrons. The summed E-state index contributed by atoms with van der Waals surface area (Å²) in [5, 5.41) is 16.1. The molecule has 0 bridgehead atoms. The van der Waals surface area contributed by atoms with Gasteiger partial charge in [0.25, 0.3) is 5.91 Å². The van der Waals surface area contributed by atoms with Crippen LogP contribution in [0.1, 0.15) is 10.4 Å². The summed E-state index contributed by atoms with van der Waals surface area (Å²) in [5.74, 6) is 1.17. The van der Waals surface area contributed by atoms with Gasteiger partial charge in [-0.05, 0) is 48.5 Å². The van der Waals surface area contributed by atoms with Crippen LogP contribution in [0.3, 0.4) is 0 Å². The fourth-order valence-corrected chi connectivity index (χ4v) is 3.64. The lowest BCUT2D eigenvalue weighted by Crippen LogP contribution is -2.13. The van der Waals surface area contributed by atoms with E-state index < -0.39 is 0 Å². The van der Waals surface area contributed by atoms with Gasteiger partial charge in [0.05, 0.1) is 25.5 Å². The lowest BCUT2D eigenvalue weighted by atomic mass is 10.1. The zero-order valence-corrected chi connectivity index (χ0v) is 18.5. The molecule has 9 nitrogen and oxygen atoms in total. The van der Waals surface area contributed by atoms with Crippen molar-refractivity contribution in [2.45, 2.75) is 0 Å². The Morgan fingerprint density at radius 2 is 1.71 bits per heavy atom. The Hall–Kier alpha value is -4.79. The maximum Gasteiger partial charge on any atom is 0.259 e. The third-order valence-corrected chi connectivity index (χ3v) is 5.27. The maximum absolute atomic E-state index is 13.0. The normalized spacial score (nSPS) is 10.8. The number of rotatable bonds is 6. The smallest absolute Gasteiger partial charge is 0.259 e. The van der Waals surface area contributed by atoms with Crippen LogP contribution in [-0.2, 0) is 0 Å². The van der Waals surface area contributed by atoms with Crippen molar-refractivity contribution >= 4 is 17.2 Å². The van der Waals surface area contributed by atoms with Gasteiger partial charge in [0.1, 0.15) is 0 Å². The number of carbonyl (C=O) groups is 1. The molecule has 9 heteroatoms. The number of ether oxygens (including phenoxy) is 2. The van der Waals surface area contributed by atoms with Gasteiger partial charge in [0.15, 0.2) is 23.0 Å². The predicted octanol–water partition coefficient (Wildman–Crippen LogP) is 4.12. The molecule has 2 aromatic carbocycles. The van der Waals surface area contributed by atoms with Crippen molar-refractivity contribution in [3.05, 3.63) is 84.7 Å². The molecular formula is C25H20N6O3. The number of nitrogens with one attached hydrogen (secondary N) is 1. The monoisotopic (exact) mass is 452 g/mol. The average molecular weight is 452 g/mol. The van der Waals surface area contributed by atoms with E-state index in [4.69, 9.17) is 14.6 Å². The van der Waals surface area contributed by atoms with E-state index in [9.17, 15) is 4.79 Å². The summed E-state index contributed by atoms with van der Waals surface area (Å²) >= 11 is 0. The van der Waals surface area contributed by atoms with E-state index >= 15 is 0 Å². The number of carbonyl (C=O) groups excluding carboxylic acids is 1. The van der Waals surface area contributed by atoms with E-state index in [2.05, 4.69) is 20.5 Å². The Labute approximate surface area is 195 Å². The second-order valence-electron chi connectivity index (χ2n) is 7.32. The van der Waals surface area contributed by atoms with Crippen LogP contribution in [0.5, 0.6) is 11.5 Å². The first-order valence-corrected chi connectivity index (χ1v) is 10.4. The Kier molecular flexibility index (Phi) is 5.57. The first kappa shape index (κ1) is 21.1. The molecule has 3 aromatic heterocycles. The molecule has 0 spiro atoms. The number of nitrogens with zero attached hydrogens (tertiary/aromatic N) is 5. The summed E-state index contributed by atoms with van der Waals surface area (Å²) in [5.41, 5.74) is 4.01. The zero-order chi connectivity index (χ0) is 23.5. The van der Waals surface area contributed by atoms with Crippen molar-refractivity contribution in [1.82, 2.24) is 24.8 Å². The number of anilines is 1. The molecule has 0 aliphatic rings. The maximum atomic E-state index is 13.0. The molecule has 0 unspecified atom stereocenters. The molecule has 0 aliphatic carbocycles. The molecule has 0 fully saturated rings. The molecule has 5 rings (SSSR count). The first-order valence-electron chi connectivity index (χ1n) is 10.4. The number of amides is 1. The van der Waals surface area contributed by atoms with Gasteiger partial charge < -0.3 is 14.8 Å². The SMILES string of the molecule is COc1cccc(C(=O)Nc2cccc(-c3ccc4nnc(-c5ccncc5)n4n3)c2)c1OC. The molecule has 34 heavy (non-hydrogen) atoms. The summed E-state index contributed by atoms with van der Waals surface area (Å²) < 4.78 is 12.4. The van der Waals surface area contributed by atoms with Crippen LogP contribution in [0.2, 0.25) is 0 Å². The van der Waals surface area contributed by atoms with E-state index in [1.165, 1.54) is 14.2 Å². The second kappa shape index (κ2) is 8.99. The van der Waals surface area contributed by atoms with Crippen LogP contribution >= 0.6 is 0 Å². The van der Waals surface area contributed by atoms with Gasteiger partial charge in [-0.3, -0.25) is 9.78 Å². The van der Waals surface area contributed by atoms with Crippen LogP contribution < -0.4 is 14.8 Å². The van der Waals surface area contributed by atoms with Crippen molar-refractivity contribution in [3.8, 4) is 34.1 Å². The van der Waals surface area contributed by atoms with Gasteiger partial charge in [0.2, 0.25) is 0 Å². The van der Waals surface area contributed by atoms with Crippen molar-refractivity contribution in [1.29, 1.82) is 0 Å². The summed E-state index contributed by atoms with van der Waals surface area (Å²) in [4.78, 5) is 17.0. The number of benzene rings is 2. The summed E-state index contributed by atoms with van der Waals surface area (Å²) in [7, 11) is 3.03. The number of pyridine rings is 1. The summed E-state index contributed by atoms with van der Waals surface area (Å²) in [6.45, 7) is 0. The number of para-hydroxylation sites is 1. The molecule has 3 heterocycles. The van der Waals surface area contributed by atoms with Crippen LogP contribution in [0.4, 0.5) is 5.69 Å². The van der Waals surface area contributed by atoms with E-state index in [1.54, 1.807) is 35.1 Å². The number of methoxy groups -OCH3 is 2. The highest BCUT2D eigenvalue weighted by Gasteiger charge is 2.17. The van der Waals surface area contributed by atoms with Crippen LogP contribution in [0.25, 0.3) is 28.3 Å². The molecule has 0 saturated heterocycles. The van der Waals surface area contributed by atoms with Crippen molar-refractivity contribution in [3.63, 3.8) is 0 Å². The van der Waals surface area contributed by atoms with Crippen LogP contribution in [0.15, 0.2) is 79.1 Å². The molecule has 0 atom stereocenters. The molecular weight excluding hydrogens is 432 g/mol. The van der Waals surface area contributed by atoms with Gasteiger partial charge in [-0.2, -0.15) is 9.61 Å². The minimum absolute atomic E-state index is 0.310. The number of fused-ring (bicyclic) bond motifs is 1. The fraction of sp³-hybridized carbons (Fsp3) is 0.0800. The van der Waals surface area contributed by atoms with E-state index in [0.717, 1.165) is 11.1 Å². The highest BCUT2D eigenvalue weighted by atomic mass is 16.5. The van der Waals surface area contributed by atoms with Crippen LogP contribution in [0, 0.1) is 0 Å². The zero-order valence-electron chi connectivity index (χ0n) is 18.5. The van der Waals surface area contributed by atoms with E-state index in [-0.39, 0.29) is 5.91 Å². The fourth-order valence-electron chi connectivity index (χ4n) is 3.64. The van der Waals surface area contributed by atoms with Gasteiger partial charge in [-0.1, -0.05) is 18.2 Å². The molecule has 1 N–H and O–H groups in total. The van der Waals surface area contributed by atoms with E-state index in [1.807, 2.05) is 48.5 Å². The highest BCUT2D eigenvalue weighted by Crippen LogP contribution is 2.31. The molecule has 0 aliphatic heterocycles. The van der Waals surface area contributed by atoms with Crippen molar-refractivity contribution < 1.29 is 14.3 Å². The number of hydrogen-bond donors (Lipinski definition) is 1. The standard InChI is InChI=1S/C25H20N6O3/c1-33-21-8-4-7-19(23(21)34-2)25(32)27-18-6-3-5-17(15-18)20-9-10-22-28-29-24(31(22)30-20)16-11-13-26-14-12-16/h3-15H,1-2H3,(H,27,32). The van der Waals surface area contributed by atoms with Crippen molar-refractivity contribution in [2.24, 2.45) is 0 Å². The Bertz CT molecular complexity index is 1480. The Morgan fingerprint density at radius 3 is 2.50 bits per heavy atom. The van der Waals surface area contributed by atoms with Gasteiger partial charge in [-0.15, -0.1) is 10.2 Å². The lowest BCUT2D eigenvalue weighted by molar-refractivity contribution is 0.102. The third-order valence-electron chi connectivity index (χ3n) is 5.27. The first-order chi connectivity index (χ1) is 16.7. The minimum atomic E-state index is -0.310. The number of hydrogen-bond acceptors (Lipinski definition) is 7. The minimum Gasteiger partial charge on any atom is -0.493 e.